The molecule has 1 N–H and O–H groups in total. The Bertz CT molecular complexity index is 280. The number of nitrogens with one attached hydrogen (secondary N) is 1. The average molecular weight is 231 g/mol. The van der Waals surface area contributed by atoms with Crippen LogP contribution in [0.1, 0.15) is 12.6 Å². The first kappa shape index (κ1) is 13.9. The van der Waals surface area contributed by atoms with E-state index in [1.54, 1.807) is 13.1 Å². The summed E-state index contributed by atoms with van der Waals surface area (Å²) in [4.78, 5) is 15.0. The van der Waals surface area contributed by atoms with Crippen LogP contribution in [-0.2, 0) is 16.1 Å². The number of esters is 1. The minimum Gasteiger partial charge on any atom is -0.465 e. The van der Waals surface area contributed by atoms with Gasteiger partial charge in [-0.15, -0.1) is 12.4 Å². The summed E-state index contributed by atoms with van der Waals surface area (Å²) in [6.07, 6.45) is 1.72. The Hall–Kier alpha value is -1.13. The molecule has 0 unspecified atom stereocenters. The number of ether oxygens (including phenoxy) is 1. The minimum absolute atomic E-state index is 0. The Balaban J connectivity index is 0.00000196. The molecule has 0 aromatic carbocycles. The Morgan fingerprint density at radius 2 is 2.33 bits per heavy atom. The van der Waals surface area contributed by atoms with Crippen molar-refractivity contribution in [2.75, 3.05) is 13.2 Å². The molecule has 0 amide bonds. The molecule has 0 radical (unpaired) electrons. The van der Waals surface area contributed by atoms with Crippen LogP contribution in [0.4, 0.5) is 0 Å². The van der Waals surface area contributed by atoms with Gasteiger partial charge in [0.2, 0.25) is 0 Å². The molecule has 1 aromatic heterocycles. The predicted molar refractivity (Wildman–Crippen MR) is 59.8 cm³/mol. The molecule has 0 aliphatic carbocycles. The maximum absolute atomic E-state index is 10.9. The standard InChI is InChI=1S/C10H14N2O2.ClH/c1-2-14-10(13)8-11-7-9-5-3-4-6-12-9;/h3-6,11H,2,7-8H2,1H3;1H. The van der Waals surface area contributed by atoms with Gasteiger partial charge < -0.3 is 10.1 Å². The molecule has 0 aliphatic rings. The van der Waals surface area contributed by atoms with E-state index < -0.39 is 0 Å². The molecule has 0 fully saturated rings. The zero-order valence-electron chi connectivity index (χ0n) is 8.60. The van der Waals surface area contributed by atoms with E-state index in [1.807, 2.05) is 18.2 Å². The van der Waals surface area contributed by atoms with Gasteiger partial charge in [-0.3, -0.25) is 9.78 Å². The van der Waals surface area contributed by atoms with Crippen LogP contribution < -0.4 is 5.32 Å². The van der Waals surface area contributed by atoms with Gasteiger partial charge in [0.15, 0.2) is 0 Å². The van der Waals surface area contributed by atoms with Crippen molar-refractivity contribution in [3.05, 3.63) is 30.1 Å². The summed E-state index contributed by atoms with van der Waals surface area (Å²) in [6, 6.07) is 5.67. The first-order valence-electron chi connectivity index (χ1n) is 4.59. The first-order chi connectivity index (χ1) is 6.83. The largest absolute Gasteiger partial charge is 0.465 e. The third kappa shape index (κ3) is 6.04. The third-order valence-corrected chi connectivity index (χ3v) is 1.61. The van der Waals surface area contributed by atoms with E-state index in [0.29, 0.717) is 13.2 Å². The third-order valence-electron chi connectivity index (χ3n) is 1.61. The smallest absolute Gasteiger partial charge is 0.319 e. The lowest BCUT2D eigenvalue weighted by Gasteiger charge is -2.03. The maximum Gasteiger partial charge on any atom is 0.319 e. The molecule has 4 nitrogen and oxygen atoms in total. The number of halogens is 1. The quantitative estimate of drug-likeness (QED) is 0.772. The van der Waals surface area contributed by atoms with Crippen LogP contribution in [0.2, 0.25) is 0 Å². The van der Waals surface area contributed by atoms with Gasteiger partial charge in [-0.05, 0) is 19.1 Å². The van der Waals surface area contributed by atoms with Crippen molar-refractivity contribution in [3.63, 3.8) is 0 Å². The number of rotatable bonds is 5. The predicted octanol–water partition coefficient (Wildman–Crippen LogP) is 1.16. The van der Waals surface area contributed by atoms with Gasteiger partial charge in [0.25, 0.3) is 0 Å². The lowest BCUT2D eigenvalue weighted by molar-refractivity contribution is -0.142. The topological polar surface area (TPSA) is 51.2 Å². The second-order valence-corrected chi connectivity index (χ2v) is 2.73. The number of nitrogens with zero attached hydrogens (tertiary/aromatic N) is 1. The van der Waals surface area contributed by atoms with Gasteiger partial charge in [-0.25, -0.2) is 0 Å². The van der Waals surface area contributed by atoms with E-state index in [4.69, 9.17) is 4.74 Å². The Morgan fingerprint density at radius 1 is 1.53 bits per heavy atom. The Labute approximate surface area is 95.5 Å². The van der Waals surface area contributed by atoms with Gasteiger partial charge in [-0.1, -0.05) is 6.07 Å². The van der Waals surface area contributed by atoms with E-state index in [0.717, 1.165) is 5.69 Å². The van der Waals surface area contributed by atoms with Crippen LogP contribution in [0.5, 0.6) is 0 Å². The van der Waals surface area contributed by atoms with Crippen molar-refractivity contribution in [2.45, 2.75) is 13.5 Å². The lowest BCUT2D eigenvalue weighted by Crippen LogP contribution is -2.24. The molecule has 0 aliphatic heterocycles. The number of hydrogen-bond acceptors (Lipinski definition) is 4. The van der Waals surface area contributed by atoms with Gasteiger partial charge >= 0.3 is 5.97 Å². The molecule has 1 aromatic rings. The van der Waals surface area contributed by atoms with Crippen LogP contribution in [-0.4, -0.2) is 24.1 Å². The lowest BCUT2D eigenvalue weighted by atomic mass is 10.3. The highest BCUT2D eigenvalue weighted by Crippen LogP contribution is 1.91. The molecule has 15 heavy (non-hydrogen) atoms. The van der Waals surface area contributed by atoms with E-state index in [2.05, 4.69) is 10.3 Å². The zero-order valence-corrected chi connectivity index (χ0v) is 9.42. The van der Waals surface area contributed by atoms with Crippen LogP contribution in [0.3, 0.4) is 0 Å². The van der Waals surface area contributed by atoms with E-state index >= 15 is 0 Å². The zero-order chi connectivity index (χ0) is 10.2. The molecule has 0 atom stereocenters. The Morgan fingerprint density at radius 3 is 2.93 bits per heavy atom. The normalized spacial score (nSPS) is 9.13. The summed E-state index contributed by atoms with van der Waals surface area (Å²) in [6.45, 7) is 3.02. The summed E-state index contributed by atoms with van der Waals surface area (Å²) in [5.74, 6) is -0.233. The summed E-state index contributed by atoms with van der Waals surface area (Å²) >= 11 is 0. The van der Waals surface area contributed by atoms with Crippen molar-refractivity contribution in [2.24, 2.45) is 0 Å². The molecule has 0 saturated heterocycles. The molecule has 5 heteroatoms. The summed E-state index contributed by atoms with van der Waals surface area (Å²) in [7, 11) is 0. The average Bonchev–Trinajstić information content (AvgIpc) is 2.20. The summed E-state index contributed by atoms with van der Waals surface area (Å²) < 4.78 is 4.76. The monoisotopic (exact) mass is 230 g/mol. The highest BCUT2D eigenvalue weighted by Gasteiger charge is 2.00. The molecule has 1 rings (SSSR count). The highest BCUT2D eigenvalue weighted by atomic mass is 35.5. The van der Waals surface area contributed by atoms with Crippen molar-refractivity contribution in [1.82, 2.24) is 10.3 Å². The number of hydrogen-bond donors (Lipinski definition) is 1. The number of carbonyl (C=O) groups excluding carboxylic acids is 1. The number of pyridine rings is 1. The molecule has 0 spiro atoms. The van der Waals surface area contributed by atoms with E-state index in [1.165, 1.54) is 0 Å². The summed E-state index contributed by atoms with van der Waals surface area (Å²) in [5.41, 5.74) is 0.914. The van der Waals surface area contributed by atoms with Gasteiger partial charge in [0.1, 0.15) is 0 Å². The van der Waals surface area contributed by atoms with Crippen molar-refractivity contribution >= 4 is 18.4 Å². The molecular weight excluding hydrogens is 216 g/mol. The minimum atomic E-state index is -0.233. The van der Waals surface area contributed by atoms with Crippen molar-refractivity contribution in [3.8, 4) is 0 Å². The van der Waals surface area contributed by atoms with Crippen molar-refractivity contribution < 1.29 is 9.53 Å². The molecule has 0 bridgehead atoms. The van der Waals surface area contributed by atoms with Crippen LogP contribution >= 0.6 is 12.4 Å². The number of aromatic nitrogens is 1. The maximum atomic E-state index is 10.9. The van der Waals surface area contributed by atoms with Crippen LogP contribution in [0, 0.1) is 0 Å². The van der Waals surface area contributed by atoms with Gasteiger partial charge in [-0.2, -0.15) is 0 Å². The SMILES string of the molecule is CCOC(=O)CNCc1ccccn1.Cl. The Kier molecular flexibility index (Phi) is 7.58. The second kappa shape index (κ2) is 8.20. The molecular formula is C10H15ClN2O2. The fourth-order valence-electron chi connectivity index (χ4n) is 1.01. The molecule has 84 valence electrons. The second-order valence-electron chi connectivity index (χ2n) is 2.73. The fourth-order valence-corrected chi connectivity index (χ4v) is 1.01. The molecule has 1 heterocycles. The van der Waals surface area contributed by atoms with Crippen LogP contribution in [0.15, 0.2) is 24.4 Å². The molecule has 0 saturated carbocycles. The summed E-state index contributed by atoms with van der Waals surface area (Å²) in [5, 5.41) is 2.95. The number of carbonyl (C=O) groups is 1. The highest BCUT2D eigenvalue weighted by molar-refractivity contribution is 5.85. The van der Waals surface area contributed by atoms with Gasteiger partial charge in [0, 0.05) is 12.7 Å². The van der Waals surface area contributed by atoms with Gasteiger partial charge in [0.05, 0.1) is 18.8 Å². The van der Waals surface area contributed by atoms with E-state index in [-0.39, 0.29) is 24.9 Å². The van der Waals surface area contributed by atoms with E-state index in [9.17, 15) is 4.79 Å². The first-order valence-corrected chi connectivity index (χ1v) is 4.59. The van der Waals surface area contributed by atoms with Crippen LogP contribution in [0.25, 0.3) is 0 Å². The van der Waals surface area contributed by atoms with Crippen molar-refractivity contribution in [1.29, 1.82) is 0 Å². The fraction of sp³-hybridized carbons (Fsp3) is 0.400.